The van der Waals surface area contributed by atoms with E-state index in [9.17, 15) is 4.79 Å². The number of hydrogen-bond acceptors (Lipinski definition) is 2. The van der Waals surface area contributed by atoms with Crippen LogP contribution in [0.25, 0.3) is 0 Å². The Labute approximate surface area is 97.6 Å². The lowest BCUT2D eigenvalue weighted by molar-refractivity contribution is -0.137. The molecule has 3 rings (SSSR count). The summed E-state index contributed by atoms with van der Waals surface area (Å²) >= 11 is 0. The number of nitrogens with zero attached hydrogens (tertiary/aromatic N) is 1. The molecule has 1 spiro atoms. The number of nitrogens with one attached hydrogen (secondary N) is 1. The Morgan fingerprint density at radius 2 is 2.12 bits per heavy atom. The normalized spacial score (nSPS) is 33.9. The monoisotopic (exact) mass is 222 g/mol. The Balaban J connectivity index is 1.67. The van der Waals surface area contributed by atoms with Crippen molar-refractivity contribution in [1.82, 2.24) is 10.2 Å². The fraction of sp³-hybridized carbons (Fsp3) is 0.923. The number of carbonyl (C=O) groups is 1. The minimum Gasteiger partial charge on any atom is -0.340 e. The molecule has 1 saturated carbocycles. The van der Waals surface area contributed by atoms with Gasteiger partial charge in [0.2, 0.25) is 5.91 Å². The quantitative estimate of drug-likeness (QED) is 0.732. The van der Waals surface area contributed by atoms with Gasteiger partial charge in [0.15, 0.2) is 0 Å². The van der Waals surface area contributed by atoms with Crippen LogP contribution < -0.4 is 5.32 Å². The second kappa shape index (κ2) is 4.02. The highest BCUT2D eigenvalue weighted by Crippen LogP contribution is 2.40. The van der Waals surface area contributed by atoms with Gasteiger partial charge < -0.3 is 10.2 Å². The van der Waals surface area contributed by atoms with Gasteiger partial charge in [-0.3, -0.25) is 4.79 Å². The van der Waals surface area contributed by atoms with Crippen molar-refractivity contribution in [3.8, 4) is 0 Å². The highest BCUT2D eigenvalue weighted by molar-refractivity contribution is 5.77. The predicted molar refractivity (Wildman–Crippen MR) is 63.2 cm³/mol. The van der Waals surface area contributed by atoms with E-state index in [1.54, 1.807) is 0 Å². The molecule has 0 aromatic carbocycles. The van der Waals surface area contributed by atoms with E-state index >= 15 is 0 Å². The molecule has 1 aliphatic carbocycles. The standard InChI is InChI=1S/C13H22N2O/c16-12-4-1-2-9-15(12)11-5-8-14-13(10-11)6-3-7-13/h11,14H,1-10H2. The average molecular weight is 222 g/mol. The molecule has 0 aromatic rings. The fourth-order valence-corrected chi connectivity index (χ4v) is 3.59. The lowest BCUT2D eigenvalue weighted by Crippen LogP contribution is -2.60. The molecule has 0 bridgehead atoms. The molecule has 1 N–H and O–H groups in total. The van der Waals surface area contributed by atoms with Crippen molar-refractivity contribution >= 4 is 5.91 Å². The van der Waals surface area contributed by atoms with E-state index in [0.29, 0.717) is 17.5 Å². The Morgan fingerprint density at radius 1 is 1.25 bits per heavy atom. The van der Waals surface area contributed by atoms with Crippen molar-refractivity contribution in [2.45, 2.75) is 62.9 Å². The van der Waals surface area contributed by atoms with Crippen molar-refractivity contribution < 1.29 is 4.79 Å². The molecule has 3 nitrogen and oxygen atoms in total. The minimum atomic E-state index is 0.410. The van der Waals surface area contributed by atoms with Gasteiger partial charge in [0.1, 0.15) is 0 Å². The summed E-state index contributed by atoms with van der Waals surface area (Å²) in [5.74, 6) is 0.410. The van der Waals surface area contributed by atoms with E-state index in [0.717, 1.165) is 32.4 Å². The minimum absolute atomic E-state index is 0.410. The van der Waals surface area contributed by atoms with Crippen LogP contribution in [0.2, 0.25) is 0 Å². The second-order valence-corrected chi connectivity index (χ2v) is 5.75. The summed E-state index contributed by atoms with van der Waals surface area (Å²) in [6, 6.07) is 0.536. The Hall–Kier alpha value is -0.570. The number of piperidine rings is 2. The second-order valence-electron chi connectivity index (χ2n) is 5.75. The molecule has 1 amide bonds. The zero-order valence-corrected chi connectivity index (χ0v) is 10.0. The molecule has 0 radical (unpaired) electrons. The molecule has 3 fully saturated rings. The molecule has 90 valence electrons. The van der Waals surface area contributed by atoms with Crippen LogP contribution in [0, 0.1) is 0 Å². The van der Waals surface area contributed by atoms with Gasteiger partial charge in [-0.1, -0.05) is 0 Å². The maximum Gasteiger partial charge on any atom is 0.222 e. The van der Waals surface area contributed by atoms with Crippen LogP contribution in [0.1, 0.15) is 51.4 Å². The summed E-state index contributed by atoms with van der Waals surface area (Å²) in [4.78, 5) is 14.1. The van der Waals surface area contributed by atoms with Crippen LogP contribution in [0.4, 0.5) is 0 Å². The van der Waals surface area contributed by atoms with Crippen LogP contribution in [0.15, 0.2) is 0 Å². The van der Waals surface area contributed by atoms with E-state index in [1.165, 1.54) is 32.1 Å². The van der Waals surface area contributed by atoms with E-state index in [2.05, 4.69) is 10.2 Å². The predicted octanol–water partition coefficient (Wildman–Crippen LogP) is 1.67. The number of hydrogen-bond donors (Lipinski definition) is 1. The molecule has 3 aliphatic rings. The van der Waals surface area contributed by atoms with Gasteiger partial charge in [0.25, 0.3) is 0 Å². The number of amides is 1. The lowest BCUT2D eigenvalue weighted by Gasteiger charge is -2.51. The van der Waals surface area contributed by atoms with Gasteiger partial charge in [-0.05, 0) is 51.5 Å². The lowest BCUT2D eigenvalue weighted by atomic mass is 9.70. The SMILES string of the molecule is O=C1CCCCN1C1CCNC2(CCC2)C1. The van der Waals surface area contributed by atoms with Crippen molar-refractivity contribution in [2.24, 2.45) is 0 Å². The number of rotatable bonds is 1. The maximum atomic E-state index is 11.9. The van der Waals surface area contributed by atoms with Gasteiger partial charge in [0.05, 0.1) is 0 Å². The van der Waals surface area contributed by atoms with Crippen LogP contribution >= 0.6 is 0 Å². The fourth-order valence-electron chi connectivity index (χ4n) is 3.59. The summed E-state index contributed by atoms with van der Waals surface area (Å²) in [6.45, 7) is 2.12. The highest BCUT2D eigenvalue weighted by atomic mass is 16.2. The van der Waals surface area contributed by atoms with Gasteiger partial charge >= 0.3 is 0 Å². The van der Waals surface area contributed by atoms with E-state index in [4.69, 9.17) is 0 Å². The first-order valence-electron chi connectivity index (χ1n) is 6.84. The van der Waals surface area contributed by atoms with Gasteiger partial charge in [-0.2, -0.15) is 0 Å². The number of carbonyl (C=O) groups excluding carboxylic acids is 1. The van der Waals surface area contributed by atoms with Gasteiger partial charge in [-0.15, -0.1) is 0 Å². The molecule has 2 saturated heterocycles. The summed E-state index contributed by atoms with van der Waals surface area (Å²) in [5.41, 5.74) is 0.417. The molecular formula is C13H22N2O. The first-order chi connectivity index (χ1) is 7.79. The smallest absolute Gasteiger partial charge is 0.222 e. The van der Waals surface area contributed by atoms with Crippen LogP contribution in [0.5, 0.6) is 0 Å². The molecule has 1 atom stereocenters. The molecule has 3 heteroatoms. The summed E-state index contributed by atoms with van der Waals surface area (Å²) in [5, 5.41) is 3.68. The summed E-state index contributed by atoms with van der Waals surface area (Å²) in [7, 11) is 0. The molecule has 1 unspecified atom stereocenters. The molecule has 16 heavy (non-hydrogen) atoms. The van der Waals surface area contributed by atoms with Crippen LogP contribution in [0.3, 0.4) is 0 Å². The van der Waals surface area contributed by atoms with Crippen LogP contribution in [-0.2, 0) is 4.79 Å². The zero-order chi connectivity index (χ0) is 11.0. The van der Waals surface area contributed by atoms with Crippen molar-refractivity contribution in [3.63, 3.8) is 0 Å². The Kier molecular flexibility index (Phi) is 2.66. The van der Waals surface area contributed by atoms with Crippen LogP contribution in [-0.4, -0.2) is 35.5 Å². The largest absolute Gasteiger partial charge is 0.340 e. The maximum absolute atomic E-state index is 11.9. The first-order valence-corrected chi connectivity index (χ1v) is 6.84. The van der Waals surface area contributed by atoms with Gasteiger partial charge in [-0.25, -0.2) is 0 Å². The summed E-state index contributed by atoms with van der Waals surface area (Å²) in [6.07, 6.45) is 9.49. The topological polar surface area (TPSA) is 32.3 Å². The zero-order valence-electron chi connectivity index (χ0n) is 10.0. The average Bonchev–Trinajstić information content (AvgIpc) is 2.28. The Morgan fingerprint density at radius 3 is 2.81 bits per heavy atom. The first kappa shape index (κ1) is 10.6. The molecule has 0 aromatic heterocycles. The van der Waals surface area contributed by atoms with Crippen molar-refractivity contribution in [3.05, 3.63) is 0 Å². The third-order valence-electron chi connectivity index (χ3n) is 4.72. The third-order valence-corrected chi connectivity index (χ3v) is 4.72. The van der Waals surface area contributed by atoms with Crippen molar-refractivity contribution in [2.75, 3.05) is 13.1 Å². The third kappa shape index (κ3) is 1.75. The van der Waals surface area contributed by atoms with Gasteiger partial charge in [0, 0.05) is 24.5 Å². The molecule has 2 heterocycles. The summed E-state index contributed by atoms with van der Waals surface area (Å²) < 4.78 is 0. The molecule has 2 aliphatic heterocycles. The van der Waals surface area contributed by atoms with E-state index < -0.39 is 0 Å². The van der Waals surface area contributed by atoms with E-state index in [1.807, 2.05) is 0 Å². The highest BCUT2D eigenvalue weighted by Gasteiger charge is 2.43. The van der Waals surface area contributed by atoms with E-state index in [-0.39, 0.29) is 0 Å². The Bertz CT molecular complexity index is 286. The van der Waals surface area contributed by atoms with Crippen molar-refractivity contribution in [1.29, 1.82) is 0 Å². The molecular weight excluding hydrogens is 200 g/mol. The number of likely N-dealkylation sites (tertiary alicyclic amines) is 1.